The number of hydrogen-bond donors (Lipinski definition) is 0. The molecular formula is C27H27N3O. The molecule has 0 bridgehead atoms. The van der Waals surface area contributed by atoms with Gasteiger partial charge in [0.25, 0.3) is 5.91 Å². The lowest BCUT2D eigenvalue weighted by Crippen LogP contribution is -2.37. The highest BCUT2D eigenvalue weighted by atomic mass is 16.2. The Kier molecular flexibility index (Phi) is 5.14. The normalized spacial score (nSPS) is 15.9. The zero-order valence-electron chi connectivity index (χ0n) is 18.1. The maximum atomic E-state index is 13.0. The number of nitrogens with zero attached hydrogens (tertiary/aromatic N) is 3. The van der Waals surface area contributed by atoms with E-state index in [4.69, 9.17) is 0 Å². The van der Waals surface area contributed by atoms with E-state index >= 15 is 0 Å². The van der Waals surface area contributed by atoms with Crippen LogP contribution in [0.4, 0.5) is 5.69 Å². The zero-order valence-corrected chi connectivity index (χ0v) is 18.1. The molecule has 1 amide bonds. The van der Waals surface area contributed by atoms with Crippen molar-refractivity contribution < 1.29 is 4.79 Å². The van der Waals surface area contributed by atoms with Gasteiger partial charge < -0.3 is 4.90 Å². The second kappa shape index (κ2) is 8.10. The SMILES string of the molecule is Cc1cccc(-c2ccc(C3CCN(C(=O)c4ccc5c(c4)N=NC5)CC3)cc2)c1C. The lowest BCUT2D eigenvalue weighted by molar-refractivity contribution is 0.0713. The Morgan fingerprint density at radius 2 is 1.74 bits per heavy atom. The van der Waals surface area contributed by atoms with Gasteiger partial charge in [-0.25, -0.2) is 0 Å². The Hall–Kier alpha value is -3.27. The van der Waals surface area contributed by atoms with Crippen molar-refractivity contribution in [3.63, 3.8) is 0 Å². The van der Waals surface area contributed by atoms with Crippen LogP contribution in [0.3, 0.4) is 0 Å². The van der Waals surface area contributed by atoms with Gasteiger partial charge in [-0.3, -0.25) is 4.79 Å². The van der Waals surface area contributed by atoms with E-state index in [9.17, 15) is 4.79 Å². The molecule has 2 aliphatic heterocycles. The topological polar surface area (TPSA) is 45.0 Å². The van der Waals surface area contributed by atoms with Gasteiger partial charge in [0.2, 0.25) is 0 Å². The summed E-state index contributed by atoms with van der Waals surface area (Å²) in [5, 5.41) is 8.17. The number of rotatable bonds is 3. The van der Waals surface area contributed by atoms with E-state index in [1.54, 1.807) is 0 Å². The standard InChI is InChI=1S/C27H27N3O/c1-18-4-3-5-25(19(18)2)22-8-6-20(7-9-22)21-12-14-30(15-13-21)27(31)23-10-11-24-17-28-29-26(24)16-23/h3-11,16,21H,12-15,17H2,1-2H3. The largest absolute Gasteiger partial charge is 0.339 e. The summed E-state index contributed by atoms with van der Waals surface area (Å²) < 4.78 is 0. The average molecular weight is 410 g/mol. The summed E-state index contributed by atoms with van der Waals surface area (Å²) in [7, 11) is 0. The van der Waals surface area contributed by atoms with Gasteiger partial charge in [0.05, 0.1) is 12.2 Å². The van der Waals surface area contributed by atoms with Crippen LogP contribution in [0.5, 0.6) is 0 Å². The molecule has 0 radical (unpaired) electrons. The van der Waals surface area contributed by atoms with Crippen molar-refractivity contribution in [3.05, 3.63) is 88.5 Å². The summed E-state index contributed by atoms with van der Waals surface area (Å²) in [6.07, 6.45) is 2.00. The predicted octanol–water partition coefficient (Wildman–Crippen LogP) is 6.59. The number of piperidine rings is 1. The van der Waals surface area contributed by atoms with Gasteiger partial charge in [-0.2, -0.15) is 10.2 Å². The number of hydrogen-bond acceptors (Lipinski definition) is 3. The molecule has 2 heterocycles. The smallest absolute Gasteiger partial charge is 0.253 e. The lowest BCUT2D eigenvalue weighted by Gasteiger charge is -2.32. The molecule has 4 heteroatoms. The molecule has 0 N–H and O–H groups in total. The van der Waals surface area contributed by atoms with Gasteiger partial charge in [0.1, 0.15) is 0 Å². The van der Waals surface area contributed by atoms with Crippen molar-refractivity contribution in [2.75, 3.05) is 13.1 Å². The van der Waals surface area contributed by atoms with Gasteiger partial charge in [0, 0.05) is 24.2 Å². The van der Waals surface area contributed by atoms with E-state index in [1.165, 1.54) is 27.8 Å². The van der Waals surface area contributed by atoms with Crippen molar-refractivity contribution in [1.29, 1.82) is 0 Å². The van der Waals surface area contributed by atoms with Crippen LogP contribution in [-0.2, 0) is 6.54 Å². The van der Waals surface area contributed by atoms with Crippen LogP contribution in [0.2, 0.25) is 0 Å². The fourth-order valence-electron chi connectivity index (χ4n) is 4.71. The molecule has 0 saturated carbocycles. The molecule has 5 rings (SSSR count). The molecule has 156 valence electrons. The molecule has 31 heavy (non-hydrogen) atoms. The Bertz CT molecular complexity index is 1160. The molecule has 0 atom stereocenters. The molecule has 4 nitrogen and oxygen atoms in total. The van der Waals surface area contributed by atoms with Crippen LogP contribution in [-0.4, -0.2) is 23.9 Å². The van der Waals surface area contributed by atoms with Crippen LogP contribution in [0.1, 0.15) is 51.4 Å². The molecule has 2 aliphatic rings. The molecule has 0 spiro atoms. The number of carbonyl (C=O) groups excluding carboxylic acids is 1. The Balaban J connectivity index is 1.25. The maximum Gasteiger partial charge on any atom is 0.253 e. The van der Waals surface area contributed by atoms with Crippen LogP contribution in [0, 0.1) is 13.8 Å². The highest BCUT2D eigenvalue weighted by Gasteiger charge is 2.25. The predicted molar refractivity (Wildman–Crippen MR) is 124 cm³/mol. The molecular weight excluding hydrogens is 382 g/mol. The number of benzene rings is 3. The van der Waals surface area contributed by atoms with E-state index in [1.807, 2.05) is 23.1 Å². The summed E-state index contributed by atoms with van der Waals surface area (Å²) in [6.45, 7) is 6.56. The number of azo groups is 1. The number of aryl methyl sites for hydroxylation is 1. The van der Waals surface area contributed by atoms with Crippen LogP contribution in [0.15, 0.2) is 70.9 Å². The summed E-state index contributed by atoms with van der Waals surface area (Å²) in [6, 6.07) is 21.3. The van der Waals surface area contributed by atoms with E-state index in [0.717, 1.165) is 42.7 Å². The molecule has 1 fully saturated rings. The van der Waals surface area contributed by atoms with Gasteiger partial charge in [-0.1, -0.05) is 48.5 Å². The highest BCUT2D eigenvalue weighted by molar-refractivity contribution is 5.95. The molecule has 0 aliphatic carbocycles. The fraction of sp³-hybridized carbons (Fsp3) is 0.296. The average Bonchev–Trinajstić information content (AvgIpc) is 3.29. The summed E-state index contributed by atoms with van der Waals surface area (Å²) in [5.41, 5.74) is 9.27. The summed E-state index contributed by atoms with van der Waals surface area (Å²) >= 11 is 0. The first-order valence-corrected chi connectivity index (χ1v) is 11.1. The first-order chi connectivity index (χ1) is 15.1. The third kappa shape index (κ3) is 3.78. The molecule has 3 aromatic rings. The Morgan fingerprint density at radius 1 is 0.968 bits per heavy atom. The minimum absolute atomic E-state index is 0.105. The molecule has 3 aromatic carbocycles. The fourth-order valence-corrected chi connectivity index (χ4v) is 4.71. The van der Waals surface area contributed by atoms with Crippen molar-refractivity contribution in [2.45, 2.75) is 39.2 Å². The summed E-state index contributed by atoms with van der Waals surface area (Å²) in [5.74, 6) is 0.610. The maximum absolute atomic E-state index is 13.0. The third-order valence-corrected chi connectivity index (χ3v) is 6.83. The minimum Gasteiger partial charge on any atom is -0.339 e. The van der Waals surface area contributed by atoms with Gasteiger partial charge >= 0.3 is 0 Å². The van der Waals surface area contributed by atoms with Crippen molar-refractivity contribution in [1.82, 2.24) is 4.90 Å². The first kappa shape index (κ1) is 19.7. The third-order valence-electron chi connectivity index (χ3n) is 6.83. The van der Waals surface area contributed by atoms with Crippen LogP contribution < -0.4 is 0 Å². The lowest BCUT2D eigenvalue weighted by atomic mass is 9.87. The van der Waals surface area contributed by atoms with Crippen molar-refractivity contribution in [3.8, 4) is 11.1 Å². The second-order valence-corrected chi connectivity index (χ2v) is 8.68. The van der Waals surface area contributed by atoms with E-state index < -0.39 is 0 Å². The van der Waals surface area contributed by atoms with E-state index in [0.29, 0.717) is 12.5 Å². The number of carbonyl (C=O) groups is 1. The van der Waals surface area contributed by atoms with Crippen LogP contribution in [0.25, 0.3) is 11.1 Å². The van der Waals surface area contributed by atoms with Gasteiger partial charge in [0.15, 0.2) is 0 Å². The second-order valence-electron chi connectivity index (χ2n) is 8.68. The first-order valence-electron chi connectivity index (χ1n) is 11.1. The minimum atomic E-state index is 0.105. The number of likely N-dealkylation sites (tertiary alicyclic amines) is 1. The zero-order chi connectivity index (χ0) is 21.4. The molecule has 0 unspecified atom stereocenters. The highest BCUT2D eigenvalue weighted by Crippen LogP contribution is 2.33. The van der Waals surface area contributed by atoms with Gasteiger partial charge in [-0.15, -0.1) is 0 Å². The van der Waals surface area contributed by atoms with E-state index in [2.05, 4.69) is 66.5 Å². The van der Waals surface area contributed by atoms with Crippen LogP contribution >= 0.6 is 0 Å². The quantitative estimate of drug-likeness (QED) is 0.481. The van der Waals surface area contributed by atoms with Crippen molar-refractivity contribution >= 4 is 11.6 Å². The Labute approximate surface area is 183 Å². The van der Waals surface area contributed by atoms with Crippen molar-refractivity contribution in [2.24, 2.45) is 10.2 Å². The summed E-state index contributed by atoms with van der Waals surface area (Å²) in [4.78, 5) is 14.9. The molecule has 1 saturated heterocycles. The number of fused-ring (bicyclic) bond motifs is 1. The monoisotopic (exact) mass is 409 g/mol. The van der Waals surface area contributed by atoms with Gasteiger partial charge in [-0.05, 0) is 72.6 Å². The Morgan fingerprint density at radius 3 is 2.52 bits per heavy atom. The number of amides is 1. The van der Waals surface area contributed by atoms with E-state index in [-0.39, 0.29) is 5.91 Å². The molecule has 0 aromatic heterocycles.